The number of aryl methyl sites for hydroxylation is 1. The number of hydrogen-bond donors (Lipinski definition) is 1. The Labute approximate surface area is 169 Å². The van der Waals surface area contributed by atoms with Gasteiger partial charge in [0.05, 0.1) is 11.9 Å². The fraction of sp³-hybridized carbons (Fsp3) is 0.389. The number of nitrogens with zero attached hydrogens (tertiary/aromatic N) is 6. The number of anilines is 1. The van der Waals surface area contributed by atoms with Crippen molar-refractivity contribution in [2.24, 2.45) is 18.0 Å². The number of halogens is 3. The van der Waals surface area contributed by atoms with E-state index in [-0.39, 0.29) is 29.5 Å². The summed E-state index contributed by atoms with van der Waals surface area (Å²) in [7, 11) is 1.69. The number of carbonyl (C=O) groups is 1. The van der Waals surface area contributed by atoms with Crippen LogP contribution in [0.25, 0.3) is 5.65 Å². The number of carbonyl (C=O) groups excluding carboxylic acids is 1. The number of nitrogens with one attached hydrogen (secondary N) is 1. The van der Waals surface area contributed by atoms with Crippen LogP contribution >= 0.6 is 11.6 Å². The summed E-state index contributed by atoms with van der Waals surface area (Å²) >= 11 is 5.97. The van der Waals surface area contributed by atoms with E-state index in [1.165, 1.54) is 21.6 Å². The Hall–Kier alpha value is -2.88. The number of aromatic nitrogens is 5. The predicted molar refractivity (Wildman–Crippen MR) is 104 cm³/mol. The highest BCUT2D eigenvalue weighted by Gasteiger charge is 2.35. The van der Waals surface area contributed by atoms with E-state index in [4.69, 9.17) is 11.6 Å². The average molecular weight is 422 g/mol. The Bertz CT molecular complexity index is 1090. The fourth-order valence-corrected chi connectivity index (χ4v) is 3.56. The van der Waals surface area contributed by atoms with Gasteiger partial charge in [-0.05, 0) is 12.8 Å². The van der Waals surface area contributed by atoms with Crippen LogP contribution in [0, 0.1) is 5.92 Å². The van der Waals surface area contributed by atoms with Crippen LogP contribution in [-0.4, -0.2) is 42.4 Å². The van der Waals surface area contributed by atoms with E-state index >= 15 is 0 Å². The van der Waals surface area contributed by atoms with Gasteiger partial charge >= 0.3 is 0 Å². The lowest BCUT2D eigenvalue weighted by molar-refractivity contribution is -0.0421. The van der Waals surface area contributed by atoms with Crippen LogP contribution in [0.4, 0.5) is 20.3 Å². The zero-order valence-electron chi connectivity index (χ0n) is 15.5. The molecule has 152 valence electrons. The topological polar surface area (TPSA) is 89.5 Å². The van der Waals surface area contributed by atoms with Crippen LogP contribution < -0.4 is 5.32 Å². The summed E-state index contributed by atoms with van der Waals surface area (Å²) in [6.07, 6.45) is 6.97. The van der Waals surface area contributed by atoms with Crippen molar-refractivity contribution in [3.05, 3.63) is 35.4 Å². The minimum Gasteiger partial charge on any atom is -0.318 e. The predicted octanol–water partition coefficient (Wildman–Crippen LogP) is 3.90. The van der Waals surface area contributed by atoms with Gasteiger partial charge in [0.1, 0.15) is 5.56 Å². The third-order valence-corrected chi connectivity index (χ3v) is 5.01. The Morgan fingerprint density at radius 2 is 2.31 bits per heavy atom. The van der Waals surface area contributed by atoms with Crippen molar-refractivity contribution in [2.75, 3.05) is 5.32 Å². The van der Waals surface area contributed by atoms with Crippen molar-refractivity contribution in [1.29, 1.82) is 0 Å². The molecule has 3 aromatic rings. The van der Waals surface area contributed by atoms with Crippen LogP contribution in [0.1, 0.15) is 36.0 Å². The standard InChI is InChI=1S/C18H18ClF2N7O/c1-27-10-13(15(19)26-27)24-17(29)12-9-23-28-6-4-14(25-16(12)28)22-8-11-3-2-5-18(20,21)7-11/h4,6,8-11H,2-3,5,7H2,1H3,(H,24,29). The van der Waals surface area contributed by atoms with Crippen LogP contribution in [0.2, 0.25) is 5.15 Å². The highest BCUT2D eigenvalue weighted by molar-refractivity contribution is 6.32. The molecule has 1 atom stereocenters. The van der Waals surface area contributed by atoms with Crippen LogP contribution in [-0.2, 0) is 7.05 Å². The third-order valence-electron chi connectivity index (χ3n) is 4.73. The van der Waals surface area contributed by atoms with Crippen LogP contribution in [0.3, 0.4) is 0 Å². The number of alkyl halides is 2. The molecule has 1 fully saturated rings. The molecule has 4 rings (SSSR count). The first kappa shape index (κ1) is 19.4. The smallest absolute Gasteiger partial charge is 0.261 e. The summed E-state index contributed by atoms with van der Waals surface area (Å²) in [5.74, 6) is -3.07. The number of hydrogen-bond acceptors (Lipinski definition) is 5. The lowest BCUT2D eigenvalue weighted by Gasteiger charge is -2.26. The van der Waals surface area contributed by atoms with Gasteiger partial charge in [0, 0.05) is 50.5 Å². The maximum atomic E-state index is 13.5. The molecule has 1 aliphatic carbocycles. The summed E-state index contributed by atoms with van der Waals surface area (Å²) in [5, 5.41) is 10.9. The van der Waals surface area contributed by atoms with Gasteiger partial charge in [0.15, 0.2) is 16.6 Å². The maximum absolute atomic E-state index is 13.5. The fourth-order valence-electron chi connectivity index (χ4n) is 3.35. The molecule has 0 radical (unpaired) electrons. The third kappa shape index (κ3) is 4.26. The molecule has 3 heterocycles. The lowest BCUT2D eigenvalue weighted by Crippen LogP contribution is -2.26. The van der Waals surface area contributed by atoms with Crippen molar-refractivity contribution in [3.63, 3.8) is 0 Å². The quantitative estimate of drug-likeness (QED) is 0.647. The zero-order chi connectivity index (χ0) is 20.6. The number of fused-ring (bicyclic) bond motifs is 1. The summed E-state index contributed by atoms with van der Waals surface area (Å²) in [4.78, 5) is 21.2. The van der Waals surface area contributed by atoms with Crippen molar-refractivity contribution < 1.29 is 13.6 Å². The monoisotopic (exact) mass is 421 g/mol. The number of rotatable bonds is 4. The van der Waals surface area contributed by atoms with Gasteiger partial charge < -0.3 is 5.32 Å². The molecule has 0 aromatic carbocycles. The Morgan fingerprint density at radius 3 is 3.03 bits per heavy atom. The molecule has 29 heavy (non-hydrogen) atoms. The van der Waals surface area contributed by atoms with Gasteiger partial charge in [-0.15, -0.1) is 0 Å². The van der Waals surface area contributed by atoms with E-state index in [2.05, 4.69) is 25.5 Å². The minimum atomic E-state index is -2.64. The molecule has 0 aliphatic heterocycles. The highest BCUT2D eigenvalue weighted by atomic mass is 35.5. The van der Waals surface area contributed by atoms with Crippen molar-refractivity contribution in [2.45, 2.75) is 31.6 Å². The van der Waals surface area contributed by atoms with E-state index in [0.717, 1.165) is 0 Å². The van der Waals surface area contributed by atoms with Crippen molar-refractivity contribution in [3.8, 4) is 0 Å². The normalized spacial score (nSPS) is 19.1. The molecule has 1 aliphatic rings. The summed E-state index contributed by atoms with van der Waals surface area (Å²) in [5.41, 5.74) is 0.892. The largest absolute Gasteiger partial charge is 0.318 e. The molecule has 1 saturated carbocycles. The molecule has 11 heteroatoms. The summed E-state index contributed by atoms with van der Waals surface area (Å²) in [6.45, 7) is 0. The minimum absolute atomic E-state index is 0.0726. The second-order valence-electron chi connectivity index (χ2n) is 7.06. The Balaban J connectivity index is 1.55. The van der Waals surface area contributed by atoms with E-state index < -0.39 is 11.8 Å². The summed E-state index contributed by atoms with van der Waals surface area (Å²) < 4.78 is 30.0. The second-order valence-corrected chi connectivity index (χ2v) is 7.42. The molecular weight excluding hydrogens is 404 g/mol. The van der Waals surface area contributed by atoms with Gasteiger partial charge in [0.2, 0.25) is 5.92 Å². The first-order chi connectivity index (χ1) is 13.8. The zero-order valence-corrected chi connectivity index (χ0v) is 16.3. The van der Waals surface area contributed by atoms with E-state index in [0.29, 0.717) is 30.0 Å². The maximum Gasteiger partial charge on any atom is 0.261 e. The number of aliphatic imine (C=N–C) groups is 1. The molecule has 0 spiro atoms. The van der Waals surface area contributed by atoms with Crippen LogP contribution in [0.5, 0.6) is 0 Å². The van der Waals surface area contributed by atoms with E-state index in [9.17, 15) is 13.6 Å². The molecular formula is C18H18ClF2N7O. The summed E-state index contributed by atoms with van der Waals surface area (Å²) in [6, 6.07) is 1.61. The first-order valence-electron chi connectivity index (χ1n) is 9.08. The molecule has 1 N–H and O–H groups in total. The van der Waals surface area contributed by atoms with E-state index in [1.807, 2.05) is 0 Å². The van der Waals surface area contributed by atoms with Crippen molar-refractivity contribution >= 4 is 40.9 Å². The Kier molecular flexibility index (Phi) is 5.03. The number of amides is 1. The highest BCUT2D eigenvalue weighted by Crippen LogP contribution is 2.36. The van der Waals surface area contributed by atoms with Gasteiger partial charge in [-0.2, -0.15) is 10.2 Å². The molecule has 1 unspecified atom stereocenters. The van der Waals surface area contributed by atoms with Gasteiger partial charge in [-0.3, -0.25) is 9.48 Å². The molecule has 3 aromatic heterocycles. The SMILES string of the molecule is Cn1cc(NC(=O)c2cnn3ccc(N=CC4CCCC(F)(F)C4)nc23)c(Cl)n1. The average Bonchev–Trinajstić information content (AvgIpc) is 3.21. The molecule has 8 nitrogen and oxygen atoms in total. The molecule has 0 bridgehead atoms. The Morgan fingerprint density at radius 1 is 1.48 bits per heavy atom. The van der Waals surface area contributed by atoms with Crippen molar-refractivity contribution in [1.82, 2.24) is 24.4 Å². The molecule has 0 saturated heterocycles. The lowest BCUT2D eigenvalue weighted by atomic mass is 9.87. The van der Waals surface area contributed by atoms with Gasteiger partial charge in [0.25, 0.3) is 5.91 Å². The first-order valence-corrected chi connectivity index (χ1v) is 9.45. The second kappa shape index (κ2) is 7.51. The van der Waals surface area contributed by atoms with Gasteiger partial charge in [-0.25, -0.2) is 23.3 Å². The van der Waals surface area contributed by atoms with Gasteiger partial charge in [-0.1, -0.05) is 11.6 Å². The molecule has 1 amide bonds. The van der Waals surface area contributed by atoms with E-state index in [1.54, 1.807) is 25.5 Å². The van der Waals surface area contributed by atoms with Crippen LogP contribution in [0.15, 0.2) is 29.6 Å².